The number of hydrogen-bond donors (Lipinski definition) is 1. The van der Waals surface area contributed by atoms with E-state index in [2.05, 4.69) is 10.5 Å². The van der Waals surface area contributed by atoms with Crippen molar-refractivity contribution in [3.05, 3.63) is 93.8 Å². The first-order chi connectivity index (χ1) is 14.1. The second kappa shape index (κ2) is 9.32. The molecule has 29 heavy (non-hydrogen) atoms. The summed E-state index contributed by atoms with van der Waals surface area (Å²) in [5.41, 5.74) is 4.65. The van der Waals surface area contributed by atoms with Crippen molar-refractivity contribution in [3.8, 4) is 11.5 Å². The van der Waals surface area contributed by atoms with Crippen LogP contribution in [-0.2, 0) is 6.61 Å². The number of benzene rings is 3. The molecule has 0 radical (unpaired) electrons. The summed E-state index contributed by atoms with van der Waals surface area (Å²) in [5.74, 6) is 0.682. The molecule has 3 aromatic rings. The van der Waals surface area contributed by atoms with Gasteiger partial charge < -0.3 is 9.47 Å². The number of methoxy groups -OCH3 is 1. The number of non-ortho nitro benzene ring substituents is 1. The van der Waals surface area contributed by atoms with E-state index < -0.39 is 4.92 Å². The number of ether oxygens (including phenoxy) is 2. The van der Waals surface area contributed by atoms with Gasteiger partial charge in [-0.3, -0.25) is 15.5 Å². The summed E-state index contributed by atoms with van der Waals surface area (Å²) >= 11 is 0. The van der Waals surface area contributed by atoms with E-state index in [4.69, 9.17) is 9.47 Å². The van der Waals surface area contributed by atoms with Crippen molar-refractivity contribution in [1.82, 2.24) is 0 Å². The molecule has 1 N–H and O–H groups in total. The lowest BCUT2D eigenvalue weighted by Crippen LogP contribution is -2.01. The van der Waals surface area contributed by atoms with Crippen LogP contribution in [0.15, 0.2) is 71.8 Å². The fourth-order valence-electron chi connectivity index (χ4n) is 2.55. The van der Waals surface area contributed by atoms with Gasteiger partial charge in [0, 0.05) is 17.7 Å². The predicted octanol–water partition coefficient (Wildman–Crippen LogP) is 4.77. The molecule has 0 spiro atoms. The molecule has 0 aliphatic heterocycles. The molecule has 8 heteroatoms. The van der Waals surface area contributed by atoms with Gasteiger partial charge in [-0.15, -0.1) is 0 Å². The van der Waals surface area contributed by atoms with E-state index in [9.17, 15) is 14.5 Å². The van der Waals surface area contributed by atoms with Crippen LogP contribution in [0.5, 0.6) is 11.5 Å². The molecule has 0 aliphatic carbocycles. The molecule has 7 nitrogen and oxygen atoms in total. The van der Waals surface area contributed by atoms with E-state index in [-0.39, 0.29) is 18.1 Å². The van der Waals surface area contributed by atoms with Crippen molar-refractivity contribution >= 4 is 17.6 Å². The summed E-state index contributed by atoms with van der Waals surface area (Å²) in [4.78, 5) is 10.4. The van der Waals surface area contributed by atoms with E-state index in [0.717, 1.165) is 5.56 Å². The largest absolute Gasteiger partial charge is 0.493 e. The lowest BCUT2D eigenvalue weighted by Gasteiger charge is -2.13. The Labute approximate surface area is 166 Å². The Morgan fingerprint density at radius 1 is 1.14 bits per heavy atom. The van der Waals surface area contributed by atoms with Gasteiger partial charge in [-0.1, -0.05) is 24.3 Å². The third-order valence-electron chi connectivity index (χ3n) is 3.98. The summed E-state index contributed by atoms with van der Waals surface area (Å²) in [6.07, 6.45) is 1.53. The number of nitro groups is 1. The molecule has 0 atom stereocenters. The first-order valence-corrected chi connectivity index (χ1v) is 8.64. The van der Waals surface area contributed by atoms with Crippen molar-refractivity contribution in [2.75, 3.05) is 12.5 Å². The molecule has 0 heterocycles. The quantitative estimate of drug-likeness (QED) is 0.337. The highest BCUT2D eigenvalue weighted by Gasteiger charge is 2.10. The number of hydrazone groups is 1. The van der Waals surface area contributed by atoms with Crippen LogP contribution in [0.2, 0.25) is 0 Å². The van der Waals surface area contributed by atoms with E-state index in [1.54, 1.807) is 42.5 Å². The van der Waals surface area contributed by atoms with Crippen LogP contribution in [-0.4, -0.2) is 18.2 Å². The standard InChI is InChI=1S/C21H18FN3O4/c1-28-20-7-2-4-16(21(20)29-14-15-8-10-17(22)11-9-15)13-23-24-18-5-3-6-19(12-18)25(26)27/h2-13,24H,14H2,1H3. The minimum absolute atomic E-state index is 0.0325. The summed E-state index contributed by atoms with van der Waals surface area (Å²) in [5, 5.41) is 15.0. The highest BCUT2D eigenvalue weighted by molar-refractivity contribution is 5.85. The first-order valence-electron chi connectivity index (χ1n) is 8.64. The van der Waals surface area contributed by atoms with Gasteiger partial charge in [-0.25, -0.2) is 4.39 Å². The van der Waals surface area contributed by atoms with Gasteiger partial charge in [0.1, 0.15) is 12.4 Å². The van der Waals surface area contributed by atoms with E-state index in [1.807, 2.05) is 0 Å². The monoisotopic (exact) mass is 395 g/mol. The lowest BCUT2D eigenvalue weighted by atomic mass is 10.2. The fourth-order valence-corrected chi connectivity index (χ4v) is 2.55. The molecule has 0 aromatic heterocycles. The molecule has 148 valence electrons. The molecule has 0 amide bonds. The summed E-state index contributed by atoms with van der Waals surface area (Å²) in [7, 11) is 1.53. The molecule has 3 aromatic carbocycles. The van der Waals surface area contributed by atoms with E-state index in [0.29, 0.717) is 22.7 Å². The maximum atomic E-state index is 13.1. The molecule has 0 saturated heterocycles. The van der Waals surface area contributed by atoms with Crippen molar-refractivity contribution < 1.29 is 18.8 Å². The molecule has 0 unspecified atom stereocenters. The highest BCUT2D eigenvalue weighted by atomic mass is 19.1. The molecule has 3 rings (SSSR count). The van der Waals surface area contributed by atoms with Crippen LogP contribution in [0.3, 0.4) is 0 Å². The normalized spacial score (nSPS) is 10.7. The third kappa shape index (κ3) is 5.29. The molecular formula is C21H18FN3O4. The van der Waals surface area contributed by atoms with Gasteiger partial charge in [0.2, 0.25) is 0 Å². The van der Waals surface area contributed by atoms with Gasteiger partial charge in [-0.05, 0) is 35.9 Å². The zero-order valence-corrected chi connectivity index (χ0v) is 15.5. The smallest absolute Gasteiger partial charge is 0.271 e. The third-order valence-corrected chi connectivity index (χ3v) is 3.98. The molecule has 0 bridgehead atoms. The average molecular weight is 395 g/mol. The Hall–Kier alpha value is -3.94. The minimum atomic E-state index is -0.474. The molecule has 0 fully saturated rings. The lowest BCUT2D eigenvalue weighted by molar-refractivity contribution is -0.384. The average Bonchev–Trinajstić information content (AvgIpc) is 2.74. The number of para-hydroxylation sites is 1. The van der Waals surface area contributed by atoms with Gasteiger partial charge in [0.15, 0.2) is 11.5 Å². The van der Waals surface area contributed by atoms with Gasteiger partial charge in [-0.2, -0.15) is 5.10 Å². The van der Waals surface area contributed by atoms with E-state index >= 15 is 0 Å². The Morgan fingerprint density at radius 3 is 2.62 bits per heavy atom. The molecule has 0 aliphatic rings. The molecular weight excluding hydrogens is 377 g/mol. The van der Waals surface area contributed by atoms with Crippen molar-refractivity contribution in [2.45, 2.75) is 6.61 Å². The van der Waals surface area contributed by atoms with Crippen molar-refractivity contribution in [2.24, 2.45) is 5.10 Å². The first kappa shape index (κ1) is 19.8. The van der Waals surface area contributed by atoms with Crippen LogP contribution in [0.4, 0.5) is 15.8 Å². The second-order valence-electron chi connectivity index (χ2n) is 5.97. The Bertz CT molecular complexity index is 1020. The maximum absolute atomic E-state index is 13.1. The number of rotatable bonds is 8. The van der Waals surface area contributed by atoms with Crippen LogP contribution in [0.25, 0.3) is 0 Å². The Balaban J connectivity index is 1.76. The van der Waals surface area contributed by atoms with Gasteiger partial charge in [0.25, 0.3) is 5.69 Å². The van der Waals surface area contributed by atoms with Crippen LogP contribution < -0.4 is 14.9 Å². The van der Waals surface area contributed by atoms with Gasteiger partial charge in [0.05, 0.1) is 23.9 Å². The van der Waals surface area contributed by atoms with Crippen LogP contribution >= 0.6 is 0 Å². The molecule has 0 saturated carbocycles. The predicted molar refractivity (Wildman–Crippen MR) is 108 cm³/mol. The fraction of sp³-hybridized carbons (Fsp3) is 0.0952. The number of nitrogens with one attached hydrogen (secondary N) is 1. The number of anilines is 1. The van der Waals surface area contributed by atoms with E-state index in [1.165, 1.54) is 37.6 Å². The maximum Gasteiger partial charge on any atom is 0.271 e. The highest BCUT2D eigenvalue weighted by Crippen LogP contribution is 2.31. The summed E-state index contributed by atoms with van der Waals surface area (Å²) < 4.78 is 24.3. The SMILES string of the molecule is COc1cccc(C=NNc2cccc([N+](=O)[O-])c2)c1OCc1ccc(F)cc1. The topological polar surface area (TPSA) is 86.0 Å². The minimum Gasteiger partial charge on any atom is -0.493 e. The zero-order valence-electron chi connectivity index (χ0n) is 15.5. The van der Waals surface area contributed by atoms with Crippen LogP contribution in [0, 0.1) is 15.9 Å². The van der Waals surface area contributed by atoms with Crippen molar-refractivity contribution in [3.63, 3.8) is 0 Å². The number of nitrogens with zero attached hydrogens (tertiary/aromatic N) is 2. The summed E-state index contributed by atoms with van der Waals surface area (Å²) in [6.45, 7) is 0.222. The zero-order chi connectivity index (χ0) is 20.6. The summed E-state index contributed by atoms with van der Waals surface area (Å²) in [6, 6.07) is 17.4. The second-order valence-corrected chi connectivity index (χ2v) is 5.97. The van der Waals surface area contributed by atoms with Crippen molar-refractivity contribution in [1.29, 1.82) is 0 Å². The van der Waals surface area contributed by atoms with Gasteiger partial charge >= 0.3 is 0 Å². The van der Waals surface area contributed by atoms with Crippen LogP contribution in [0.1, 0.15) is 11.1 Å². The Kier molecular flexibility index (Phi) is 6.36. The Morgan fingerprint density at radius 2 is 1.90 bits per heavy atom. The number of nitro benzene ring substituents is 1. The number of hydrogen-bond acceptors (Lipinski definition) is 6. The number of halogens is 1.